The van der Waals surface area contributed by atoms with Crippen LogP contribution in [0.4, 0.5) is 0 Å². The molecule has 0 atom stereocenters. The van der Waals surface area contributed by atoms with Crippen molar-refractivity contribution in [1.29, 1.82) is 0 Å². The Morgan fingerprint density at radius 2 is 1.59 bits per heavy atom. The van der Waals surface area contributed by atoms with E-state index in [1.54, 1.807) is 12.1 Å². The van der Waals surface area contributed by atoms with Gasteiger partial charge in [-0.3, -0.25) is 4.79 Å². The Morgan fingerprint density at radius 1 is 1.00 bits per heavy atom. The van der Waals surface area contributed by atoms with Crippen LogP contribution in [0.15, 0.2) is 42.5 Å². The van der Waals surface area contributed by atoms with E-state index in [9.17, 15) is 9.59 Å². The highest BCUT2D eigenvalue weighted by molar-refractivity contribution is 6.33. The Bertz CT molecular complexity index is 666. The van der Waals surface area contributed by atoms with Crippen molar-refractivity contribution in [3.63, 3.8) is 0 Å². The SMILES string of the molecule is Cc1cc(CC(=O)C(=O)O)cc(C)c1OCc1ccccc1. The molecule has 4 nitrogen and oxygen atoms in total. The molecule has 0 amide bonds. The molecule has 0 aliphatic carbocycles. The number of ketones is 1. The molecular formula is C18H18O4. The number of carboxylic acids is 1. The van der Waals surface area contributed by atoms with Crippen molar-refractivity contribution >= 4 is 11.8 Å². The van der Waals surface area contributed by atoms with Gasteiger partial charge in [0.1, 0.15) is 12.4 Å². The number of Topliss-reactive ketones (excluding diaryl/α,β-unsaturated/α-hetero) is 1. The average molecular weight is 298 g/mol. The first-order chi connectivity index (χ1) is 10.5. The predicted octanol–water partition coefficient (Wildman–Crippen LogP) is 3.08. The summed E-state index contributed by atoms with van der Waals surface area (Å²) in [5, 5.41) is 8.67. The molecule has 0 spiro atoms. The third-order valence-corrected chi connectivity index (χ3v) is 3.35. The fraction of sp³-hybridized carbons (Fsp3) is 0.222. The predicted molar refractivity (Wildman–Crippen MR) is 83.0 cm³/mol. The molecule has 0 radical (unpaired) electrons. The summed E-state index contributed by atoms with van der Waals surface area (Å²) in [6.07, 6.45) is -0.101. The zero-order chi connectivity index (χ0) is 16.1. The van der Waals surface area contributed by atoms with Gasteiger partial charge in [-0.25, -0.2) is 4.79 Å². The molecule has 2 rings (SSSR count). The van der Waals surface area contributed by atoms with E-state index in [1.807, 2.05) is 44.2 Å². The van der Waals surface area contributed by atoms with Gasteiger partial charge in [0.15, 0.2) is 0 Å². The highest BCUT2D eigenvalue weighted by atomic mass is 16.5. The van der Waals surface area contributed by atoms with Crippen LogP contribution < -0.4 is 4.74 Å². The Labute approximate surface area is 129 Å². The summed E-state index contributed by atoms with van der Waals surface area (Å²) in [5.41, 5.74) is 3.55. The molecule has 1 N–H and O–H groups in total. The molecule has 0 aliphatic rings. The number of rotatable bonds is 6. The second kappa shape index (κ2) is 6.89. The number of carbonyl (C=O) groups is 2. The third-order valence-electron chi connectivity index (χ3n) is 3.35. The fourth-order valence-corrected chi connectivity index (χ4v) is 2.36. The monoisotopic (exact) mass is 298 g/mol. The molecule has 4 heteroatoms. The summed E-state index contributed by atoms with van der Waals surface area (Å²) in [5.74, 6) is -1.44. The standard InChI is InChI=1S/C18H18O4/c1-12-8-15(10-16(19)18(20)21)9-13(2)17(12)22-11-14-6-4-3-5-7-14/h3-9H,10-11H2,1-2H3,(H,20,21). The number of carbonyl (C=O) groups excluding carboxylic acids is 1. The van der Waals surface area contributed by atoms with Crippen molar-refractivity contribution in [2.24, 2.45) is 0 Å². The van der Waals surface area contributed by atoms with Crippen molar-refractivity contribution in [3.8, 4) is 5.75 Å². The topological polar surface area (TPSA) is 63.6 Å². The lowest BCUT2D eigenvalue weighted by Crippen LogP contribution is -2.15. The minimum atomic E-state index is -1.40. The quantitative estimate of drug-likeness (QED) is 0.832. The third kappa shape index (κ3) is 3.95. The van der Waals surface area contributed by atoms with Crippen LogP contribution in [0.1, 0.15) is 22.3 Å². The van der Waals surface area contributed by atoms with Gasteiger partial charge in [-0.2, -0.15) is 0 Å². The van der Waals surface area contributed by atoms with E-state index >= 15 is 0 Å². The number of aryl methyl sites for hydroxylation is 2. The minimum Gasteiger partial charge on any atom is -0.488 e. The van der Waals surface area contributed by atoms with Gasteiger partial charge in [-0.15, -0.1) is 0 Å². The molecule has 0 saturated heterocycles. The normalized spacial score (nSPS) is 10.3. The van der Waals surface area contributed by atoms with E-state index in [-0.39, 0.29) is 6.42 Å². The minimum absolute atomic E-state index is 0.101. The lowest BCUT2D eigenvalue weighted by atomic mass is 10.0. The number of hydrogen-bond acceptors (Lipinski definition) is 3. The van der Waals surface area contributed by atoms with Crippen LogP contribution in [0.2, 0.25) is 0 Å². The zero-order valence-corrected chi connectivity index (χ0v) is 12.6. The maximum absolute atomic E-state index is 11.3. The van der Waals surface area contributed by atoms with Gasteiger partial charge in [-0.1, -0.05) is 42.5 Å². The maximum Gasteiger partial charge on any atom is 0.372 e. The summed E-state index contributed by atoms with van der Waals surface area (Å²) < 4.78 is 5.86. The van der Waals surface area contributed by atoms with E-state index in [0.717, 1.165) is 22.4 Å². The first-order valence-electron chi connectivity index (χ1n) is 7.00. The molecule has 0 aliphatic heterocycles. The van der Waals surface area contributed by atoms with Gasteiger partial charge in [0.05, 0.1) is 0 Å². The lowest BCUT2D eigenvalue weighted by molar-refractivity contribution is -0.148. The van der Waals surface area contributed by atoms with Gasteiger partial charge in [0.25, 0.3) is 0 Å². The van der Waals surface area contributed by atoms with Crippen LogP contribution in [0.3, 0.4) is 0 Å². The number of aliphatic carboxylic acids is 1. The second-order valence-corrected chi connectivity index (χ2v) is 5.24. The first-order valence-corrected chi connectivity index (χ1v) is 7.00. The van der Waals surface area contributed by atoms with E-state index in [1.165, 1.54) is 0 Å². The molecule has 22 heavy (non-hydrogen) atoms. The van der Waals surface area contributed by atoms with Crippen molar-refractivity contribution < 1.29 is 19.4 Å². The second-order valence-electron chi connectivity index (χ2n) is 5.24. The summed E-state index contributed by atoms with van der Waals surface area (Å²) >= 11 is 0. The van der Waals surface area contributed by atoms with Crippen LogP contribution in [-0.2, 0) is 22.6 Å². The van der Waals surface area contributed by atoms with Crippen molar-refractivity contribution in [2.45, 2.75) is 26.9 Å². The van der Waals surface area contributed by atoms with Crippen LogP contribution in [-0.4, -0.2) is 16.9 Å². The summed E-state index contributed by atoms with van der Waals surface area (Å²) in [6, 6.07) is 13.4. The van der Waals surface area contributed by atoms with E-state index in [2.05, 4.69) is 0 Å². The first kappa shape index (κ1) is 15.8. The molecule has 0 saturated carbocycles. The van der Waals surface area contributed by atoms with Crippen molar-refractivity contribution in [3.05, 3.63) is 64.7 Å². The summed E-state index contributed by atoms with van der Waals surface area (Å²) in [7, 11) is 0. The van der Waals surface area contributed by atoms with Crippen LogP contribution in [0.5, 0.6) is 5.75 Å². The van der Waals surface area contributed by atoms with Gasteiger partial charge < -0.3 is 9.84 Å². The molecule has 0 heterocycles. The van der Waals surface area contributed by atoms with Crippen LogP contribution in [0, 0.1) is 13.8 Å². The van der Waals surface area contributed by atoms with Crippen molar-refractivity contribution in [1.82, 2.24) is 0 Å². The lowest BCUT2D eigenvalue weighted by Gasteiger charge is -2.14. The van der Waals surface area contributed by atoms with E-state index < -0.39 is 11.8 Å². The molecule has 0 aromatic heterocycles. The van der Waals surface area contributed by atoms with Crippen LogP contribution >= 0.6 is 0 Å². The Balaban J connectivity index is 2.13. The molecule has 2 aromatic rings. The molecule has 0 bridgehead atoms. The van der Waals surface area contributed by atoms with Gasteiger partial charge >= 0.3 is 5.97 Å². The number of ether oxygens (including phenoxy) is 1. The Hall–Kier alpha value is -2.62. The van der Waals surface area contributed by atoms with Gasteiger partial charge in [-0.05, 0) is 36.1 Å². The number of hydrogen-bond donors (Lipinski definition) is 1. The zero-order valence-electron chi connectivity index (χ0n) is 12.6. The highest BCUT2D eigenvalue weighted by Gasteiger charge is 2.14. The Kier molecular flexibility index (Phi) is 4.94. The average Bonchev–Trinajstić information content (AvgIpc) is 2.47. The summed E-state index contributed by atoms with van der Waals surface area (Å²) in [4.78, 5) is 21.9. The Morgan fingerprint density at radius 3 is 2.14 bits per heavy atom. The van der Waals surface area contributed by atoms with Gasteiger partial charge in [0, 0.05) is 6.42 Å². The fourth-order valence-electron chi connectivity index (χ4n) is 2.36. The smallest absolute Gasteiger partial charge is 0.372 e. The molecular weight excluding hydrogens is 280 g/mol. The summed E-state index contributed by atoms with van der Waals surface area (Å²) in [6.45, 7) is 4.25. The van der Waals surface area contributed by atoms with Crippen molar-refractivity contribution in [2.75, 3.05) is 0 Å². The van der Waals surface area contributed by atoms with Crippen LogP contribution in [0.25, 0.3) is 0 Å². The van der Waals surface area contributed by atoms with E-state index in [0.29, 0.717) is 12.2 Å². The van der Waals surface area contributed by atoms with E-state index in [4.69, 9.17) is 9.84 Å². The van der Waals surface area contributed by atoms with Gasteiger partial charge in [0.2, 0.25) is 5.78 Å². The molecule has 0 fully saturated rings. The number of benzene rings is 2. The molecule has 0 unspecified atom stereocenters. The maximum atomic E-state index is 11.3. The molecule has 114 valence electrons. The highest BCUT2D eigenvalue weighted by Crippen LogP contribution is 2.26. The molecule has 2 aromatic carbocycles. The number of carboxylic acid groups (broad SMARTS) is 1. The largest absolute Gasteiger partial charge is 0.488 e.